The third-order valence-corrected chi connectivity index (χ3v) is 3.44. The topological polar surface area (TPSA) is 17.1 Å². The first-order chi connectivity index (χ1) is 5.71. The number of hydrogen-bond donors (Lipinski definition) is 0. The molecule has 1 heterocycles. The van der Waals surface area contributed by atoms with Crippen LogP contribution in [-0.4, -0.2) is 5.78 Å². The maximum Gasteiger partial charge on any atom is 0.133 e. The molecule has 1 atom stereocenters. The van der Waals surface area contributed by atoms with E-state index in [1.54, 1.807) is 11.3 Å². The fourth-order valence-electron chi connectivity index (χ4n) is 1.88. The van der Waals surface area contributed by atoms with Crippen molar-refractivity contribution in [2.75, 3.05) is 0 Å². The van der Waals surface area contributed by atoms with Crippen LogP contribution in [0.1, 0.15) is 31.7 Å². The molecule has 12 heavy (non-hydrogen) atoms. The molecule has 1 saturated carbocycles. The molecule has 1 aliphatic carbocycles. The van der Waals surface area contributed by atoms with Crippen LogP contribution in [-0.2, 0) is 10.2 Å². The first-order valence-corrected chi connectivity index (χ1v) is 5.19. The minimum atomic E-state index is 0.150. The third-order valence-electron chi connectivity index (χ3n) is 2.76. The Morgan fingerprint density at radius 1 is 1.58 bits per heavy atom. The fourth-order valence-corrected chi connectivity index (χ4v) is 2.69. The molecule has 0 saturated heterocycles. The van der Waals surface area contributed by atoms with Crippen LogP contribution in [0.25, 0.3) is 0 Å². The first-order valence-electron chi connectivity index (χ1n) is 4.25. The number of rotatable bonds is 1. The molecule has 64 valence electrons. The average molecular weight is 180 g/mol. The van der Waals surface area contributed by atoms with Crippen LogP contribution in [0.3, 0.4) is 0 Å². The van der Waals surface area contributed by atoms with Crippen molar-refractivity contribution in [2.24, 2.45) is 0 Å². The largest absolute Gasteiger partial charge is 0.300 e. The molecule has 0 aliphatic heterocycles. The van der Waals surface area contributed by atoms with Crippen molar-refractivity contribution in [1.29, 1.82) is 0 Å². The van der Waals surface area contributed by atoms with Crippen molar-refractivity contribution in [2.45, 2.75) is 31.6 Å². The van der Waals surface area contributed by atoms with Crippen molar-refractivity contribution in [1.82, 2.24) is 0 Å². The van der Waals surface area contributed by atoms with Gasteiger partial charge in [-0.15, -0.1) is 0 Å². The van der Waals surface area contributed by atoms with Crippen LogP contribution < -0.4 is 0 Å². The van der Waals surface area contributed by atoms with Crippen LogP contribution in [0.4, 0.5) is 0 Å². The standard InChI is InChI=1S/C10H12OS/c1-10(4-2-9(11)6-10)8-3-5-12-7-8/h3,5,7H,2,4,6H2,1H3. The Labute approximate surface area is 76.4 Å². The SMILES string of the molecule is CC1(c2ccsc2)CCC(=O)C1. The summed E-state index contributed by atoms with van der Waals surface area (Å²) >= 11 is 1.71. The highest BCUT2D eigenvalue weighted by Gasteiger charge is 2.35. The second-order valence-corrected chi connectivity index (χ2v) is 4.57. The van der Waals surface area contributed by atoms with E-state index in [1.165, 1.54) is 5.56 Å². The molecule has 1 nitrogen and oxygen atoms in total. The van der Waals surface area contributed by atoms with E-state index in [0.29, 0.717) is 5.78 Å². The zero-order valence-corrected chi connectivity index (χ0v) is 7.99. The molecule has 0 N–H and O–H groups in total. The van der Waals surface area contributed by atoms with Gasteiger partial charge in [0.15, 0.2) is 0 Å². The maximum absolute atomic E-state index is 11.2. The van der Waals surface area contributed by atoms with E-state index in [0.717, 1.165) is 19.3 Å². The fraction of sp³-hybridized carbons (Fsp3) is 0.500. The van der Waals surface area contributed by atoms with Gasteiger partial charge in [0.05, 0.1) is 0 Å². The van der Waals surface area contributed by atoms with Crippen LogP contribution >= 0.6 is 11.3 Å². The van der Waals surface area contributed by atoms with Gasteiger partial charge in [-0.3, -0.25) is 4.79 Å². The van der Waals surface area contributed by atoms with E-state index in [1.807, 2.05) is 0 Å². The number of carbonyl (C=O) groups is 1. The lowest BCUT2D eigenvalue weighted by Gasteiger charge is -2.20. The highest BCUT2D eigenvalue weighted by Crippen LogP contribution is 2.39. The van der Waals surface area contributed by atoms with Crippen molar-refractivity contribution in [3.63, 3.8) is 0 Å². The van der Waals surface area contributed by atoms with Crippen molar-refractivity contribution < 1.29 is 4.79 Å². The summed E-state index contributed by atoms with van der Waals surface area (Å²) in [6.07, 6.45) is 2.54. The molecule has 0 amide bonds. The van der Waals surface area contributed by atoms with E-state index in [9.17, 15) is 4.79 Å². The van der Waals surface area contributed by atoms with Gasteiger partial charge in [-0.25, -0.2) is 0 Å². The normalized spacial score (nSPS) is 29.6. The van der Waals surface area contributed by atoms with E-state index >= 15 is 0 Å². The van der Waals surface area contributed by atoms with Crippen LogP contribution in [0.5, 0.6) is 0 Å². The minimum Gasteiger partial charge on any atom is -0.300 e. The summed E-state index contributed by atoms with van der Waals surface area (Å²) in [4.78, 5) is 11.2. The Bertz CT molecular complexity index is 289. The van der Waals surface area contributed by atoms with Gasteiger partial charge in [0.2, 0.25) is 0 Å². The number of ketones is 1. The summed E-state index contributed by atoms with van der Waals surface area (Å²) in [6.45, 7) is 2.19. The molecule has 0 radical (unpaired) electrons. The third kappa shape index (κ3) is 1.20. The van der Waals surface area contributed by atoms with Gasteiger partial charge >= 0.3 is 0 Å². The molecule has 2 rings (SSSR count). The smallest absolute Gasteiger partial charge is 0.133 e. The van der Waals surface area contributed by atoms with Crippen LogP contribution in [0.15, 0.2) is 16.8 Å². The number of hydrogen-bond acceptors (Lipinski definition) is 2. The van der Waals surface area contributed by atoms with Crippen molar-refractivity contribution in [3.8, 4) is 0 Å². The zero-order valence-electron chi connectivity index (χ0n) is 7.17. The summed E-state index contributed by atoms with van der Waals surface area (Å²) < 4.78 is 0. The maximum atomic E-state index is 11.2. The predicted molar refractivity (Wildman–Crippen MR) is 50.5 cm³/mol. The lowest BCUT2D eigenvalue weighted by molar-refractivity contribution is -0.117. The molecule has 0 aromatic carbocycles. The molecule has 1 unspecified atom stereocenters. The summed E-state index contributed by atoms with van der Waals surface area (Å²) in [5.41, 5.74) is 1.50. The van der Waals surface area contributed by atoms with E-state index < -0.39 is 0 Å². The van der Waals surface area contributed by atoms with Gasteiger partial charge in [-0.1, -0.05) is 6.92 Å². The molecule has 1 aromatic heterocycles. The molecule has 0 spiro atoms. The van der Waals surface area contributed by atoms with E-state index in [4.69, 9.17) is 0 Å². The van der Waals surface area contributed by atoms with Gasteiger partial charge in [-0.05, 0) is 28.8 Å². The highest BCUT2D eigenvalue weighted by atomic mass is 32.1. The Morgan fingerprint density at radius 2 is 2.42 bits per heavy atom. The van der Waals surface area contributed by atoms with E-state index in [-0.39, 0.29) is 5.41 Å². The molecule has 0 bridgehead atoms. The zero-order chi connectivity index (χ0) is 8.60. The van der Waals surface area contributed by atoms with Crippen molar-refractivity contribution >= 4 is 17.1 Å². The van der Waals surface area contributed by atoms with Crippen LogP contribution in [0.2, 0.25) is 0 Å². The molecule has 1 fully saturated rings. The molecular formula is C10H12OS. The highest BCUT2D eigenvalue weighted by molar-refractivity contribution is 7.08. The summed E-state index contributed by atoms with van der Waals surface area (Å²) in [5, 5.41) is 4.25. The Balaban J connectivity index is 2.28. The molecular weight excluding hydrogens is 168 g/mol. The number of thiophene rings is 1. The summed E-state index contributed by atoms with van der Waals surface area (Å²) in [7, 11) is 0. The lowest BCUT2D eigenvalue weighted by atomic mass is 9.83. The minimum absolute atomic E-state index is 0.150. The number of carbonyl (C=O) groups excluding carboxylic acids is 1. The predicted octanol–water partition coefficient (Wildman–Crippen LogP) is 2.76. The summed E-state index contributed by atoms with van der Waals surface area (Å²) in [5.74, 6) is 0.420. The molecule has 1 aliphatic rings. The van der Waals surface area contributed by atoms with Crippen LogP contribution in [0, 0.1) is 0 Å². The monoisotopic (exact) mass is 180 g/mol. The van der Waals surface area contributed by atoms with Gasteiger partial charge in [0.25, 0.3) is 0 Å². The average Bonchev–Trinajstić information content (AvgIpc) is 2.59. The van der Waals surface area contributed by atoms with Gasteiger partial charge in [0, 0.05) is 18.3 Å². The molecule has 2 heteroatoms. The molecule has 1 aromatic rings. The van der Waals surface area contributed by atoms with E-state index in [2.05, 4.69) is 23.8 Å². The Kier molecular flexibility index (Phi) is 1.80. The Hall–Kier alpha value is -0.630. The summed E-state index contributed by atoms with van der Waals surface area (Å²) in [6, 6.07) is 2.14. The van der Waals surface area contributed by atoms with Crippen molar-refractivity contribution in [3.05, 3.63) is 22.4 Å². The second-order valence-electron chi connectivity index (χ2n) is 3.79. The lowest BCUT2D eigenvalue weighted by Crippen LogP contribution is -2.16. The van der Waals surface area contributed by atoms with Gasteiger partial charge in [-0.2, -0.15) is 11.3 Å². The number of Topliss-reactive ketones (excluding diaryl/α,β-unsaturated/α-hetero) is 1. The Morgan fingerprint density at radius 3 is 2.92 bits per heavy atom. The van der Waals surface area contributed by atoms with Gasteiger partial charge < -0.3 is 0 Å². The van der Waals surface area contributed by atoms with Gasteiger partial charge in [0.1, 0.15) is 5.78 Å². The second kappa shape index (κ2) is 2.70. The quantitative estimate of drug-likeness (QED) is 0.649. The first kappa shape index (κ1) is 7.99.